The van der Waals surface area contributed by atoms with E-state index >= 15 is 0 Å². The van der Waals surface area contributed by atoms with Gasteiger partial charge < -0.3 is 14.6 Å². The molecule has 0 radical (unpaired) electrons. The van der Waals surface area contributed by atoms with E-state index in [2.05, 4.69) is 35.4 Å². The lowest BCUT2D eigenvalue weighted by Gasteiger charge is -2.10. The maximum atomic E-state index is 12.1. The first-order chi connectivity index (χ1) is 11.0. The monoisotopic (exact) mass is 312 g/mol. The average Bonchev–Trinajstić information content (AvgIpc) is 3.11. The minimum Gasteiger partial charge on any atom is -0.459 e. The van der Waals surface area contributed by atoms with E-state index in [1.165, 1.54) is 22.2 Å². The van der Waals surface area contributed by atoms with Gasteiger partial charge in [-0.05, 0) is 43.2 Å². The van der Waals surface area contributed by atoms with E-state index in [1.54, 1.807) is 14.1 Å². The highest BCUT2D eigenvalue weighted by atomic mass is 16.3. The Labute approximate surface area is 134 Å². The summed E-state index contributed by atoms with van der Waals surface area (Å²) < 4.78 is 5.86. The Hall–Kier alpha value is -2.76. The van der Waals surface area contributed by atoms with Crippen LogP contribution in [0, 0.1) is 13.8 Å². The number of aromatic amines is 1. The lowest BCUT2D eigenvalue weighted by molar-refractivity contribution is 0.0828. The summed E-state index contributed by atoms with van der Waals surface area (Å²) in [5.74, 6) is 1.30. The van der Waals surface area contributed by atoms with E-state index in [0.29, 0.717) is 17.9 Å². The Kier molecular flexibility index (Phi) is 3.82. The smallest absolute Gasteiger partial charge is 0.258 e. The lowest BCUT2D eigenvalue weighted by atomic mass is 10.1. The normalized spacial score (nSPS) is 11.0. The summed E-state index contributed by atoms with van der Waals surface area (Å²) in [6.45, 7) is 4.63. The van der Waals surface area contributed by atoms with E-state index in [9.17, 15) is 4.79 Å². The fourth-order valence-electron chi connectivity index (χ4n) is 2.44. The Morgan fingerprint density at radius 2 is 2.00 bits per heavy atom. The minimum atomic E-state index is -0.0999. The zero-order valence-corrected chi connectivity index (χ0v) is 13.7. The zero-order valence-electron chi connectivity index (χ0n) is 13.7. The molecule has 6 nitrogen and oxygen atoms in total. The third-order valence-corrected chi connectivity index (χ3v) is 3.90. The Morgan fingerprint density at radius 3 is 2.74 bits per heavy atom. The molecule has 0 saturated heterocycles. The number of furan rings is 1. The van der Waals surface area contributed by atoms with Gasteiger partial charge in [0, 0.05) is 19.5 Å². The van der Waals surface area contributed by atoms with Gasteiger partial charge in [-0.15, -0.1) is 0 Å². The van der Waals surface area contributed by atoms with Crippen molar-refractivity contribution in [1.29, 1.82) is 0 Å². The van der Waals surface area contributed by atoms with Crippen LogP contribution in [0.5, 0.6) is 0 Å². The van der Waals surface area contributed by atoms with Crippen molar-refractivity contribution in [3.05, 3.63) is 46.8 Å². The average molecular weight is 312 g/mol. The van der Waals surface area contributed by atoms with Crippen molar-refractivity contribution in [2.45, 2.75) is 20.4 Å². The first-order valence-corrected chi connectivity index (χ1v) is 7.44. The van der Waals surface area contributed by atoms with Crippen LogP contribution >= 0.6 is 0 Å². The maximum absolute atomic E-state index is 12.1. The molecule has 0 atom stereocenters. The predicted molar refractivity (Wildman–Crippen MR) is 89.6 cm³/mol. The van der Waals surface area contributed by atoms with Crippen LogP contribution < -0.4 is 5.32 Å². The highest BCUT2D eigenvalue weighted by Gasteiger charge is 2.15. The summed E-state index contributed by atoms with van der Waals surface area (Å²) in [6, 6.07) is 6.18. The molecule has 120 valence electrons. The first kappa shape index (κ1) is 15.1. The number of hydrogen-bond donors (Lipinski definition) is 2. The molecule has 0 bridgehead atoms. The topological polar surface area (TPSA) is 74.2 Å². The molecule has 0 saturated carbocycles. The number of H-pyrrole nitrogens is 1. The van der Waals surface area contributed by atoms with Gasteiger partial charge in [0.1, 0.15) is 22.7 Å². The van der Waals surface area contributed by atoms with Gasteiger partial charge in [-0.3, -0.25) is 9.89 Å². The van der Waals surface area contributed by atoms with E-state index < -0.39 is 0 Å². The minimum absolute atomic E-state index is 0.0999. The summed E-state index contributed by atoms with van der Waals surface area (Å²) in [4.78, 5) is 13.6. The van der Waals surface area contributed by atoms with Crippen LogP contribution in [0.25, 0.3) is 11.0 Å². The maximum Gasteiger partial charge on any atom is 0.258 e. The van der Waals surface area contributed by atoms with Crippen LogP contribution in [-0.2, 0) is 6.54 Å². The summed E-state index contributed by atoms with van der Waals surface area (Å²) in [6.07, 6.45) is 1.52. The number of carbonyl (C=O) groups excluding carboxylic acids is 1. The van der Waals surface area contributed by atoms with E-state index in [1.807, 2.05) is 12.1 Å². The molecule has 6 heteroatoms. The lowest BCUT2D eigenvalue weighted by Crippen LogP contribution is -2.22. The second-order valence-electron chi connectivity index (χ2n) is 5.90. The molecule has 0 aliphatic carbocycles. The number of nitrogens with zero attached hydrogens (tertiary/aromatic N) is 2. The molecule has 3 aromatic rings. The van der Waals surface area contributed by atoms with Gasteiger partial charge in [-0.1, -0.05) is 0 Å². The molecule has 23 heavy (non-hydrogen) atoms. The van der Waals surface area contributed by atoms with Gasteiger partial charge in [-0.2, -0.15) is 5.10 Å². The molecule has 1 aromatic carbocycles. The number of aryl methyl sites for hydroxylation is 2. The van der Waals surface area contributed by atoms with E-state index in [4.69, 9.17) is 4.42 Å². The van der Waals surface area contributed by atoms with Gasteiger partial charge in [0.2, 0.25) is 0 Å². The number of benzene rings is 1. The number of nitrogens with one attached hydrogen (secondary N) is 2. The summed E-state index contributed by atoms with van der Waals surface area (Å²) >= 11 is 0. The van der Waals surface area contributed by atoms with Crippen LogP contribution in [0.3, 0.4) is 0 Å². The number of amides is 1. The molecule has 0 spiro atoms. The molecule has 0 unspecified atom stereocenters. The van der Waals surface area contributed by atoms with E-state index in [0.717, 1.165) is 16.7 Å². The molecule has 1 amide bonds. The van der Waals surface area contributed by atoms with Crippen molar-refractivity contribution >= 4 is 22.7 Å². The van der Waals surface area contributed by atoms with Crippen molar-refractivity contribution < 1.29 is 9.21 Å². The highest BCUT2D eigenvalue weighted by Crippen LogP contribution is 2.24. The number of hydrogen-bond acceptors (Lipinski definition) is 4. The van der Waals surface area contributed by atoms with Crippen molar-refractivity contribution in [2.75, 3.05) is 19.4 Å². The summed E-state index contributed by atoms with van der Waals surface area (Å²) in [7, 11) is 3.42. The largest absolute Gasteiger partial charge is 0.459 e. The van der Waals surface area contributed by atoms with E-state index in [-0.39, 0.29) is 5.91 Å². The first-order valence-electron chi connectivity index (χ1n) is 7.44. The van der Waals surface area contributed by atoms with Gasteiger partial charge in [0.05, 0.1) is 12.7 Å². The fourth-order valence-corrected chi connectivity index (χ4v) is 2.44. The quantitative estimate of drug-likeness (QED) is 0.776. The van der Waals surface area contributed by atoms with Gasteiger partial charge in [0.15, 0.2) is 0 Å². The molecule has 2 heterocycles. The third-order valence-electron chi connectivity index (χ3n) is 3.90. The van der Waals surface area contributed by atoms with Crippen LogP contribution in [0.2, 0.25) is 0 Å². The number of fused-ring (bicyclic) bond motifs is 1. The Bertz CT molecular complexity index is 822. The second kappa shape index (κ2) is 5.79. The van der Waals surface area contributed by atoms with Crippen molar-refractivity contribution in [3.8, 4) is 0 Å². The van der Waals surface area contributed by atoms with Crippen LogP contribution in [0.1, 0.15) is 27.2 Å². The Morgan fingerprint density at radius 1 is 1.26 bits per heavy atom. The molecule has 3 rings (SSSR count). The standard InChI is InChI=1S/C17H20N4O2/c1-10-5-12-7-13(23-15(12)6-11(10)2)8-18-16-14(9-19-20-16)17(22)21(3)4/h5-7,9H,8H2,1-4H3,(H2,18,19,20). The highest BCUT2D eigenvalue weighted by molar-refractivity contribution is 5.98. The second-order valence-corrected chi connectivity index (χ2v) is 5.90. The molecular weight excluding hydrogens is 292 g/mol. The fraction of sp³-hybridized carbons (Fsp3) is 0.294. The molecule has 0 aliphatic heterocycles. The number of rotatable bonds is 4. The summed E-state index contributed by atoms with van der Waals surface area (Å²) in [5.41, 5.74) is 3.83. The number of aromatic nitrogens is 2. The molecule has 0 aliphatic rings. The predicted octanol–water partition coefficient (Wildman–Crippen LogP) is 3.09. The van der Waals surface area contributed by atoms with Gasteiger partial charge >= 0.3 is 0 Å². The van der Waals surface area contributed by atoms with Gasteiger partial charge in [0.25, 0.3) is 5.91 Å². The molecular formula is C17H20N4O2. The molecule has 2 N–H and O–H groups in total. The van der Waals surface area contributed by atoms with Crippen molar-refractivity contribution in [1.82, 2.24) is 15.1 Å². The number of anilines is 1. The van der Waals surface area contributed by atoms with Crippen molar-refractivity contribution in [2.24, 2.45) is 0 Å². The molecule has 0 fully saturated rings. The molecule has 2 aromatic heterocycles. The third kappa shape index (κ3) is 2.92. The number of carbonyl (C=O) groups is 1. The SMILES string of the molecule is Cc1cc2cc(CNc3[nH]ncc3C(=O)N(C)C)oc2cc1C. The summed E-state index contributed by atoms with van der Waals surface area (Å²) in [5, 5.41) is 11.0. The van der Waals surface area contributed by atoms with Crippen LogP contribution in [0.4, 0.5) is 5.82 Å². The van der Waals surface area contributed by atoms with Crippen LogP contribution in [0.15, 0.2) is 28.8 Å². The van der Waals surface area contributed by atoms with Crippen LogP contribution in [-0.4, -0.2) is 35.1 Å². The van der Waals surface area contributed by atoms with Gasteiger partial charge in [-0.25, -0.2) is 0 Å². The Balaban J connectivity index is 1.79. The van der Waals surface area contributed by atoms with Crippen molar-refractivity contribution in [3.63, 3.8) is 0 Å². The zero-order chi connectivity index (χ0) is 16.6.